The van der Waals surface area contributed by atoms with Gasteiger partial charge < -0.3 is 9.31 Å². The van der Waals surface area contributed by atoms with E-state index in [0.29, 0.717) is 11.0 Å². The van der Waals surface area contributed by atoms with Crippen molar-refractivity contribution in [1.29, 1.82) is 0 Å². The Labute approximate surface area is 108 Å². The van der Waals surface area contributed by atoms with Gasteiger partial charge in [-0.1, -0.05) is 5.92 Å². The molecule has 18 heavy (non-hydrogen) atoms. The zero-order valence-electron chi connectivity index (χ0n) is 11.1. The van der Waals surface area contributed by atoms with Crippen molar-refractivity contribution in [2.45, 2.75) is 38.9 Å². The maximum absolute atomic E-state index is 13.3. The summed E-state index contributed by atoms with van der Waals surface area (Å²) in [6.45, 7) is 7.79. The van der Waals surface area contributed by atoms with Gasteiger partial charge in [-0.15, -0.1) is 6.42 Å². The molecule has 2 nitrogen and oxygen atoms in total. The summed E-state index contributed by atoms with van der Waals surface area (Å²) in [7, 11) is -0.628. The second-order valence-electron chi connectivity index (χ2n) is 5.46. The van der Waals surface area contributed by atoms with Gasteiger partial charge in [-0.3, -0.25) is 0 Å². The van der Waals surface area contributed by atoms with E-state index < -0.39 is 18.3 Å². The molecule has 1 aliphatic rings. The van der Waals surface area contributed by atoms with E-state index >= 15 is 0 Å². The Morgan fingerprint density at radius 3 is 2.22 bits per heavy atom. The van der Waals surface area contributed by atoms with Crippen LogP contribution >= 0.6 is 0 Å². The lowest BCUT2D eigenvalue weighted by Gasteiger charge is -2.32. The van der Waals surface area contributed by atoms with E-state index in [1.165, 1.54) is 12.1 Å². The van der Waals surface area contributed by atoms with Crippen molar-refractivity contribution in [3.63, 3.8) is 0 Å². The predicted octanol–water partition coefficient (Wildman–Crippen LogP) is 2.11. The molecule has 0 radical (unpaired) electrons. The summed E-state index contributed by atoms with van der Waals surface area (Å²) in [6, 6.07) is 4.27. The molecule has 1 fully saturated rings. The van der Waals surface area contributed by atoms with Gasteiger partial charge in [0.25, 0.3) is 0 Å². The fraction of sp³-hybridized carbons (Fsp3) is 0.429. The summed E-state index contributed by atoms with van der Waals surface area (Å²) in [5.41, 5.74) is 0.233. The van der Waals surface area contributed by atoms with Gasteiger partial charge in [-0.25, -0.2) is 4.39 Å². The van der Waals surface area contributed by atoms with Gasteiger partial charge in [-0.05, 0) is 45.9 Å². The minimum absolute atomic E-state index is 0.348. The average Bonchev–Trinajstić information content (AvgIpc) is 2.48. The normalized spacial score (nSPS) is 20.8. The van der Waals surface area contributed by atoms with E-state index in [9.17, 15) is 4.39 Å². The van der Waals surface area contributed by atoms with Crippen LogP contribution in [0.5, 0.6) is 0 Å². The first kappa shape index (κ1) is 13.1. The lowest BCUT2D eigenvalue weighted by atomic mass is 9.76. The van der Waals surface area contributed by atoms with Gasteiger partial charge in [0.2, 0.25) is 0 Å². The van der Waals surface area contributed by atoms with Gasteiger partial charge in [0.1, 0.15) is 5.82 Å². The molecule has 0 spiro atoms. The van der Waals surface area contributed by atoms with Crippen molar-refractivity contribution < 1.29 is 13.7 Å². The maximum Gasteiger partial charge on any atom is 0.496 e. The van der Waals surface area contributed by atoms with E-state index in [-0.39, 0.29) is 5.82 Å². The molecule has 0 aliphatic carbocycles. The summed E-state index contributed by atoms with van der Waals surface area (Å²) in [5.74, 6) is 2.18. The minimum Gasteiger partial charge on any atom is -0.399 e. The number of hydrogen-bond donors (Lipinski definition) is 0. The first-order valence-corrected chi connectivity index (χ1v) is 5.88. The summed E-state index contributed by atoms with van der Waals surface area (Å²) >= 11 is 0. The van der Waals surface area contributed by atoms with Gasteiger partial charge in [0.15, 0.2) is 0 Å². The fourth-order valence-corrected chi connectivity index (χ4v) is 1.83. The molecule has 2 rings (SSSR count). The Balaban J connectivity index is 2.41. The Bertz CT molecular complexity index is 501. The molecular formula is C14H16BFO2. The highest BCUT2D eigenvalue weighted by Crippen LogP contribution is 2.36. The zero-order chi connectivity index (χ0) is 13.6. The number of halogens is 1. The summed E-state index contributed by atoms with van der Waals surface area (Å²) in [4.78, 5) is 0. The molecule has 4 heteroatoms. The van der Waals surface area contributed by atoms with Crippen LogP contribution in [0.25, 0.3) is 0 Å². The highest BCUT2D eigenvalue weighted by Gasteiger charge is 2.52. The van der Waals surface area contributed by atoms with Crippen LogP contribution in [0.2, 0.25) is 0 Å². The van der Waals surface area contributed by atoms with Crippen LogP contribution in [0.15, 0.2) is 18.2 Å². The third-order valence-electron chi connectivity index (χ3n) is 3.68. The van der Waals surface area contributed by atoms with E-state index in [1.54, 1.807) is 6.07 Å². The molecule has 0 saturated carbocycles. The van der Waals surface area contributed by atoms with Crippen LogP contribution in [-0.2, 0) is 9.31 Å². The molecule has 1 aromatic rings. The third-order valence-corrected chi connectivity index (χ3v) is 3.68. The van der Waals surface area contributed by atoms with Crippen LogP contribution in [-0.4, -0.2) is 18.3 Å². The van der Waals surface area contributed by atoms with Crippen molar-refractivity contribution >= 4 is 12.6 Å². The van der Waals surface area contributed by atoms with E-state index in [0.717, 1.165) is 0 Å². The largest absolute Gasteiger partial charge is 0.496 e. The van der Waals surface area contributed by atoms with Crippen molar-refractivity contribution in [1.82, 2.24) is 0 Å². The van der Waals surface area contributed by atoms with E-state index in [1.807, 2.05) is 27.7 Å². The second-order valence-corrected chi connectivity index (χ2v) is 5.46. The zero-order valence-corrected chi connectivity index (χ0v) is 11.1. The smallest absolute Gasteiger partial charge is 0.399 e. The molecule has 0 amide bonds. The molecule has 1 aromatic carbocycles. The molecule has 0 atom stereocenters. The molecule has 1 heterocycles. The third kappa shape index (κ3) is 2.05. The fourth-order valence-electron chi connectivity index (χ4n) is 1.83. The number of benzene rings is 1. The quantitative estimate of drug-likeness (QED) is 0.558. The Hall–Kier alpha value is -1.31. The highest BCUT2D eigenvalue weighted by molar-refractivity contribution is 6.62. The highest BCUT2D eigenvalue weighted by atomic mass is 19.1. The van der Waals surface area contributed by atoms with E-state index in [4.69, 9.17) is 15.7 Å². The van der Waals surface area contributed by atoms with Gasteiger partial charge in [0, 0.05) is 11.0 Å². The minimum atomic E-state index is -0.628. The molecule has 0 N–H and O–H groups in total. The molecule has 1 saturated heterocycles. The SMILES string of the molecule is C#Cc1ccc(F)cc1B1OC(C)(C)C(C)(C)O1. The topological polar surface area (TPSA) is 18.5 Å². The summed E-state index contributed by atoms with van der Waals surface area (Å²) in [6.07, 6.45) is 5.42. The Morgan fingerprint density at radius 1 is 1.17 bits per heavy atom. The number of rotatable bonds is 1. The van der Waals surface area contributed by atoms with Crippen LogP contribution in [0.1, 0.15) is 33.3 Å². The maximum atomic E-state index is 13.3. The molecule has 0 bridgehead atoms. The first-order valence-electron chi connectivity index (χ1n) is 5.88. The average molecular weight is 246 g/mol. The van der Waals surface area contributed by atoms with Crippen LogP contribution < -0.4 is 5.46 Å². The van der Waals surface area contributed by atoms with Crippen molar-refractivity contribution in [2.24, 2.45) is 0 Å². The summed E-state index contributed by atoms with van der Waals surface area (Å²) in [5, 5.41) is 0. The lowest BCUT2D eigenvalue weighted by Crippen LogP contribution is -2.41. The summed E-state index contributed by atoms with van der Waals surface area (Å²) < 4.78 is 25.1. The standard InChI is InChI=1S/C14H16BFO2/c1-6-10-7-8-11(16)9-12(10)15-17-13(2,3)14(4,5)18-15/h1,7-9H,2-5H3. The first-order chi connectivity index (χ1) is 8.27. The van der Waals surface area contributed by atoms with Crippen LogP contribution in [0.3, 0.4) is 0 Å². The van der Waals surface area contributed by atoms with Gasteiger partial charge in [-0.2, -0.15) is 0 Å². The monoisotopic (exact) mass is 246 g/mol. The molecule has 0 aromatic heterocycles. The van der Waals surface area contributed by atoms with Crippen molar-refractivity contribution in [3.8, 4) is 12.3 Å². The van der Waals surface area contributed by atoms with Gasteiger partial charge in [0.05, 0.1) is 11.2 Å². The molecule has 0 unspecified atom stereocenters. The van der Waals surface area contributed by atoms with Crippen molar-refractivity contribution in [3.05, 3.63) is 29.6 Å². The number of terminal acetylenes is 1. The molecular weight excluding hydrogens is 230 g/mol. The Kier molecular flexibility index (Phi) is 3.00. The molecule has 94 valence electrons. The number of hydrogen-bond acceptors (Lipinski definition) is 2. The Morgan fingerprint density at radius 2 is 1.72 bits per heavy atom. The molecule has 1 aliphatic heterocycles. The van der Waals surface area contributed by atoms with Crippen LogP contribution in [0, 0.1) is 18.2 Å². The van der Waals surface area contributed by atoms with E-state index in [2.05, 4.69) is 5.92 Å². The lowest BCUT2D eigenvalue weighted by molar-refractivity contribution is 0.00578. The predicted molar refractivity (Wildman–Crippen MR) is 70.1 cm³/mol. The van der Waals surface area contributed by atoms with Gasteiger partial charge >= 0.3 is 7.12 Å². The van der Waals surface area contributed by atoms with Crippen LogP contribution in [0.4, 0.5) is 4.39 Å². The van der Waals surface area contributed by atoms with Crippen molar-refractivity contribution in [2.75, 3.05) is 0 Å². The second kappa shape index (κ2) is 4.12.